The fourth-order valence-corrected chi connectivity index (χ4v) is 2.94. The largest absolute Gasteiger partial charge is 0.452 e. The van der Waals surface area contributed by atoms with Crippen molar-refractivity contribution in [3.05, 3.63) is 63.3 Å². The molecule has 2 aromatic carbocycles. The summed E-state index contributed by atoms with van der Waals surface area (Å²) < 4.78 is 11.0. The topological polar surface area (TPSA) is 55.8 Å². The maximum atomic E-state index is 12.5. The zero-order chi connectivity index (χ0) is 19.6. The molecular weight excluding hydrogens is 389 g/mol. The third-order valence-corrected chi connectivity index (χ3v) is 4.85. The summed E-state index contributed by atoms with van der Waals surface area (Å²) in [5.74, 6) is 0.568. The molecule has 1 amide bonds. The molecule has 0 spiro atoms. The Labute approximate surface area is 167 Å². The summed E-state index contributed by atoms with van der Waals surface area (Å²) in [4.78, 5) is 26.1. The maximum absolute atomic E-state index is 12.5. The van der Waals surface area contributed by atoms with Gasteiger partial charge in [-0.05, 0) is 49.8 Å². The highest BCUT2D eigenvalue weighted by molar-refractivity contribution is 6.42. The lowest BCUT2D eigenvalue weighted by atomic mass is 10.1. The van der Waals surface area contributed by atoms with Gasteiger partial charge in [-0.1, -0.05) is 29.3 Å². The Kier molecular flexibility index (Phi) is 5.73. The number of hydrogen-bond acceptors (Lipinski definition) is 4. The van der Waals surface area contributed by atoms with E-state index >= 15 is 0 Å². The van der Waals surface area contributed by atoms with E-state index in [1.807, 2.05) is 13.8 Å². The van der Waals surface area contributed by atoms with Crippen molar-refractivity contribution in [2.45, 2.75) is 13.8 Å². The summed E-state index contributed by atoms with van der Waals surface area (Å²) in [5, 5.41) is 0.819. The first-order valence-electron chi connectivity index (χ1n) is 8.43. The van der Waals surface area contributed by atoms with E-state index in [1.165, 1.54) is 6.07 Å². The molecule has 140 valence electrons. The van der Waals surface area contributed by atoms with Crippen LogP contribution >= 0.6 is 23.2 Å². The highest BCUT2D eigenvalue weighted by atomic mass is 35.5. The minimum absolute atomic E-state index is 0.163. The van der Waals surface area contributed by atoms with E-state index < -0.39 is 6.09 Å². The molecular formula is C20H17Cl2NO4. The van der Waals surface area contributed by atoms with Crippen LogP contribution in [0.4, 0.5) is 4.79 Å². The van der Waals surface area contributed by atoms with Gasteiger partial charge in [0.1, 0.15) is 11.5 Å². The average Bonchev–Trinajstić information content (AvgIpc) is 2.94. The standard InChI is InChI=1S/C20H17Cl2NO4/c1-3-23(4-2)20(25)26-13-6-7-14-17(11-13)27-18(19(14)24)10-12-5-8-15(21)16(22)9-12/h5-11H,3-4H2,1-2H3/b18-10+. The molecule has 27 heavy (non-hydrogen) atoms. The zero-order valence-corrected chi connectivity index (χ0v) is 16.3. The molecule has 0 fully saturated rings. The molecule has 0 atom stereocenters. The van der Waals surface area contributed by atoms with Gasteiger partial charge in [0.25, 0.3) is 0 Å². The van der Waals surface area contributed by atoms with Crippen LogP contribution in [0.5, 0.6) is 11.5 Å². The molecule has 0 aromatic heterocycles. The molecule has 5 nitrogen and oxygen atoms in total. The van der Waals surface area contributed by atoms with E-state index in [2.05, 4.69) is 0 Å². The van der Waals surface area contributed by atoms with Crippen LogP contribution in [-0.2, 0) is 0 Å². The second-order valence-electron chi connectivity index (χ2n) is 5.81. The van der Waals surface area contributed by atoms with Crippen LogP contribution in [0.2, 0.25) is 10.0 Å². The molecule has 3 rings (SSSR count). The lowest BCUT2D eigenvalue weighted by Gasteiger charge is -2.17. The first-order valence-corrected chi connectivity index (χ1v) is 9.18. The molecule has 7 heteroatoms. The molecule has 0 aliphatic carbocycles. The Hall–Kier alpha value is -2.50. The average molecular weight is 406 g/mol. The number of Topliss-reactive ketones (excluding diaryl/α,β-unsaturated/α-hetero) is 1. The van der Waals surface area contributed by atoms with Gasteiger partial charge in [0.05, 0.1) is 15.6 Å². The summed E-state index contributed by atoms with van der Waals surface area (Å²) in [6.45, 7) is 4.84. The van der Waals surface area contributed by atoms with Gasteiger partial charge < -0.3 is 14.4 Å². The molecule has 0 saturated heterocycles. The maximum Gasteiger partial charge on any atom is 0.415 e. The van der Waals surface area contributed by atoms with Crippen molar-refractivity contribution in [3.63, 3.8) is 0 Å². The van der Waals surface area contributed by atoms with Crippen LogP contribution in [0, 0.1) is 0 Å². The number of ether oxygens (including phenoxy) is 2. The highest BCUT2D eigenvalue weighted by Gasteiger charge is 2.28. The van der Waals surface area contributed by atoms with E-state index in [9.17, 15) is 9.59 Å². The number of carbonyl (C=O) groups is 2. The molecule has 1 aliphatic heterocycles. The first-order chi connectivity index (χ1) is 12.9. The fraction of sp³-hybridized carbons (Fsp3) is 0.200. The third-order valence-electron chi connectivity index (χ3n) is 4.11. The zero-order valence-electron chi connectivity index (χ0n) is 14.8. The number of allylic oxidation sites excluding steroid dienone is 1. The second-order valence-corrected chi connectivity index (χ2v) is 6.63. The van der Waals surface area contributed by atoms with Crippen LogP contribution in [0.3, 0.4) is 0 Å². The number of benzene rings is 2. The smallest absolute Gasteiger partial charge is 0.415 e. The Bertz CT molecular complexity index is 936. The van der Waals surface area contributed by atoms with Gasteiger partial charge in [-0.2, -0.15) is 0 Å². The van der Waals surface area contributed by atoms with E-state index in [-0.39, 0.29) is 11.5 Å². The second kappa shape index (κ2) is 8.03. The third kappa shape index (κ3) is 4.10. The van der Waals surface area contributed by atoms with Gasteiger partial charge in [0.2, 0.25) is 5.78 Å². The van der Waals surface area contributed by atoms with E-state index in [0.717, 1.165) is 0 Å². The summed E-state index contributed by atoms with van der Waals surface area (Å²) in [6.07, 6.45) is 1.14. The molecule has 1 heterocycles. The van der Waals surface area contributed by atoms with Gasteiger partial charge in [0, 0.05) is 19.2 Å². The Morgan fingerprint density at radius 2 is 1.85 bits per heavy atom. The monoisotopic (exact) mass is 405 g/mol. The lowest BCUT2D eigenvalue weighted by molar-refractivity contribution is 0.101. The Balaban J connectivity index is 1.82. The van der Waals surface area contributed by atoms with Gasteiger partial charge >= 0.3 is 6.09 Å². The van der Waals surface area contributed by atoms with Gasteiger partial charge in [-0.3, -0.25) is 4.79 Å². The van der Waals surface area contributed by atoms with Crippen molar-refractivity contribution in [2.24, 2.45) is 0 Å². The van der Waals surface area contributed by atoms with Crippen LogP contribution in [-0.4, -0.2) is 29.9 Å². The van der Waals surface area contributed by atoms with Gasteiger partial charge in [0.15, 0.2) is 5.76 Å². The molecule has 0 bridgehead atoms. The van der Waals surface area contributed by atoms with E-state index in [4.69, 9.17) is 32.7 Å². The number of hydrogen-bond donors (Lipinski definition) is 0. The predicted molar refractivity (Wildman–Crippen MR) is 105 cm³/mol. The number of amides is 1. The van der Waals surface area contributed by atoms with Crippen LogP contribution < -0.4 is 9.47 Å². The SMILES string of the molecule is CCN(CC)C(=O)Oc1ccc2c(c1)O/C(=C/c1ccc(Cl)c(Cl)c1)C2=O. The summed E-state index contributed by atoms with van der Waals surface area (Å²) in [6, 6.07) is 9.71. The van der Waals surface area contributed by atoms with Crippen molar-refractivity contribution in [2.75, 3.05) is 13.1 Å². The quantitative estimate of drug-likeness (QED) is 0.634. The van der Waals surface area contributed by atoms with E-state index in [1.54, 1.807) is 41.3 Å². The molecule has 2 aromatic rings. The fourth-order valence-electron chi connectivity index (χ4n) is 2.63. The number of halogens is 2. The van der Waals surface area contributed by atoms with E-state index in [0.29, 0.717) is 45.8 Å². The van der Waals surface area contributed by atoms with Crippen molar-refractivity contribution in [1.29, 1.82) is 0 Å². The number of nitrogens with zero attached hydrogens (tertiary/aromatic N) is 1. The van der Waals surface area contributed by atoms with Crippen LogP contribution in [0.25, 0.3) is 6.08 Å². The minimum Gasteiger partial charge on any atom is -0.452 e. The summed E-state index contributed by atoms with van der Waals surface area (Å²) in [5.41, 5.74) is 1.10. The molecule has 0 radical (unpaired) electrons. The lowest BCUT2D eigenvalue weighted by Crippen LogP contribution is -2.33. The minimum atomic E-state index is -0.448. The Morgan fingerprint density at radius 3 is 2.52 bits per heavy atom. The van der Waals surface area contributed by atoms with Crippen LogP contribution in [0.15, 0.2) is 42.2 Å². The van der Waals surface area contributed by atoms with Gasteiger partial charge in [-0.25, -0.2) is 4.79 Å². The molecule has 1 aliphatic rings. The molecule has 0 saturated carbocycles. The summed E-state index contributed by atoms with van der Waals surface area (Å²) >= 11 is 11.9. The number of ketones is 1. The molecule has 0 unspecified atom stereocenters. The van der Waals surface area contributed by atoms with Gasteiger partial charge in [-0.15, -0.1) is 0 Å². The first kappa shape index (κ1) is 19.3. The number of fused-ring (bicyclic) bond motifs is 1. The highest BCUT2D eigenvalue weighted by Crippen LogP contribution is 2.35. The number of carbonyl (C=O) groups excluding carboxylic acids is 2. The molecule has 0 N–H and O–H groups in total. The van der Waals surface area contributed by atoms with Crippen LogP contribution in [0.1, 0.15) is 29.8 Å². The van der Waals surface area contributed by atoms with Crippen molar-refractivity contribution >= 4 is 41.2 Å². The van der Waals surface area contributed by atoms with Crippen molar-refractivity contribution < 1.29 is 19.1 Å². The normalized spacial score (nSPS) is 14.1. The van der Waals surface area contributed by atoms with Crippen molar-refractivity contribution in [1.82, 2.24) is 4.90 Å². The Morgan fingerprint density at radius 1 is 1.11 bits per heavy atom. The summed E-state index contributed by atoms with van der Waals surface area (Å²) in [7, 11) is 0. The predicted octanol–water partition coefficient (Wildman–Crippen LogP) is 5.45. The number of rotatable bonds is 4. The van der Waals surface area contributed by atoms with Crippen molar-refractivity contribution in [3.8, 4) is 11.5 Å².